The number of β-lactam (4-membered cyclic amide) rings is 1. The van der Waals surface area contributed by atoms with Gasteiger partial charge in [0.1, 0.15) is 5.78 Å². The van der Waals surface area contributed by atoms with Crippen molar-refractivity contribution in [2.24, 2.45) is 22.1 Å². The maximum Gasteiger partial charge on any atom is 0.269 e. The summed E-state index contributed by atoms with van der Waals surface area (Å²) in [6.45, 7) is 0.529. The lowest BCUT2D eigenvalue weighted by Crippen LogP contribution is -2.64. The van der Waals surface area contributed by atoms with Gasteiger partial charge >= 0.3 is 0 Å². The number of nitrogens with one attached hydrogen (secondary N) is 1. The predicted molar refractivity (Wildman–Crippen MR) is 130 cm³/mol. The summed E-state index contributed by atoms with van der Waals surface area (Å²) in [7, 11) is 0. The molecule has 3 atom stereocenters. The molecule has 1 aromatic rings. The Morgan fingerprint density at radius 1 is 1.14 bits per heavy atom. The third kappa shape index (κ3) is 8.62. The number of non-ortho nitro benzene ring substituents is 1. The number of Topliss-reactive ketones (excluding diaryl/α,β-unsaturated/α-hetero) is 1. The highest BCUT2D eigenvalue weighted by Gasteiger charge is 2.50. The molecule has 1 aliphatic heterocycles. The number of aliphatic hydroxyl groups excluding tert-OH is 1. The van der Waals surface area contributed by atoms with E-state index in [0.717, 1.165) is 0 Å². The van der Waals surface area contributed by atoms with Crippen LogP contribution in [0.25, 0.3) is 20.9 Å². The van der Waals surface area contributed by atoms with Crippen molar-refractivity contribution in [1.29, 1.82) is 0 Å². The fourth-order valence-electron chi connectivity index (χ4n) is 3.61. The highest BCUT2D eigenvalue weighted by atomic mass is 32.2. The van der Waals surface area contributed by atoms with Crippen LogP contribution in [0.4, 0.5) is 5.69 Å². The first kappa shape index (κ1) is 28.2. The number of carbonyl (C=O) groups excluding carboxylic acids is 2. The molecule has 0 bridgehead atoms. The zero-order valence-electron chi connectivity index (χ0n) is 18.4. The van der Waals surface area contributed by atoms with Gasteiger partial charge < -0.3 is 15.5 Å². The van der Waals surface area contributed by atoms with Gasteiger partial charge in [0.25, 0.3) is 5.69 Å². The maximum absolute atomic E-state index is 12.9. The Morgan fingerprint density at radius 2 is 1.71 bits per heavy atom. The minimum absolute atomic E-state index is 0.104. The Labute approximate surface area is 208 Å². The Morgan fingerprint density at radius 3 is 2.17 bits per heavy atom. The van der Waals surface area contributed by atoms with Gasteiger partial charge in [0.05, 0.1) is 21.3 Å². The molecule has 1 saturated heterocycles. The number of hydrogen-bond acceptors (Lipinski definition) is 10. The van der Waals surface area contributed by atoms with Crippen LogP contribution in [0.2, 0.25) is 0 Å². The van der Waals surface area contributed by atoms with Crippen LogP contribution in [-0.4, -0.2) is 68.3 Å². The van der Waals surface area contributed by atoms with Gasteiger partial charge in [-0.15, -0.1) is 23.5 Å². The van der Waals surface area contributed by atoms with Crippen molar-refractivity contribution in [1.82, 2.24) is 5.32 Å². The Hall–Kier alpha value is -3.00. The van der Waals surface area contributed by atoms with E-state index < -0.39 is 40.8 Å². The molecule has 0 aliphatic carbocycles. The van der Waals surface area contributed by atoms with Crippen LogP contribution in [0.5, 0.6) is 0 Å². The largest absolute Gasteiger partial charge is 0.367 e. The van der Waals surface area contributed by atoms with Crippen molar-refractivity contribution in [3.05, 3.63) is 60.8 Å². The average Bonchev–Trinajstić information content (AvgIpc) is 2.82. The van der Waals surface area contributed by atoms with Crippen LogP contribution in [0.3, 0.4) is 0 Å². The summed E-state index contributed by atoms with van der Waals surface area (Å²) in [6, 6.07) is 4.81. The standard InChI is InChI=1S/C19H24N8O6S2/c20-25-22-5-7-34-15(35-8-6-23-26-21)10-13-16(18(29)24-13)17(19(30)31)14(28)9-11-1-3-12(4-2-11)27(32)33/h1-4,13,15-17,19,30-31H,5-10H2,(H,24,29). The van der Waals surface area contributed by atoms with E-state index in [-0.39, 0.29) is 29.8 Å². The number of nitrogens with zero attached hydrogens (tertiary/aromatic N) is 7. The number of rotatable bonds is 16. The molecule has 1 amide bonds. The molecule has 3 unspecified atom stereocenters. The molecule has 188 valence electrons. The molecule has 0 spiro atoms. The third-order valence-corrected chi connectivity index (χ3v) is 8.01. The van der Waals surface area contributed by atoms with Crippen molar-refractivity contribution in [2.45, 2.75) is 29.8 Å². The number of hydrogen-bond donors (Lipinski definition) is 3. The van der Waals surface area contributed by atoms with Crippen LogP contribution in [0, 0.1) is 22.0 Å². The lowest BCUT2D eigenvalue weighted by atomic mass is 9.74. The van der Waals surface area contributed by atoms with Gasteiger partial charge in [-0.1, -0.05) is 22.4 Å². The zero-order chi connectivity index (χ0) is 25.8. The number of thioether (sulfide) groups is 2. The highest BCUT2D eigenvalue weighted by molar-refractivity contribution is 8.17. The normalized spacial score (nSPS) is 18.4. The molecule has 16 heteroatoms. The van der Waals surface area contributed by atoms with Crippen LogP contribution in [0.1, 0.15) is 12.0 Å². The van der Waals surface area contributed by atoms with Crippen LogP contribution in [0.15, 0.2) is 34.5 Å². The molecule has 1 aliphatic rings. The molecule has 14 nitrogen and oxygen atoms in total. The van der Waals surface area contributed by atoms with Crippen LogP contribution in [-0.2, 0) is 16.0 Å². The molecule has 3 N–H and O–H groups in total. The monoisotopic (exact) mass is 524 g/mol. The summed E-state index contributed by atoms with van der Waals surface area (Å²) >= 11 is 2.96. The van der Waals surface area contributed by atoms with E-state index in [1.165, 1.54) is 47.8 Å². The van der Waals surface area contributed by atoms with E-state index >= 15 is 0 Å². The van der Waals surface area contributed by atoms with Crippen molar-refractivity contribution in [3.8, 4) is 0 Å². The van der Waals surface area contributed by atoms with Gasteiger partial charge in [-0.25, -0.2) is 0 Å². The number of aliphatic hydroxyl groups is 2. The van der Waals surface area contributed by atoms with Crippen LogP contribution < -0.4 is 5.32 Å². The first-order valence-corrected chi connectivity index (χ1v) is 12.6. The van der Waals surface area contributed by atoms with E-state index in [4.69, 9.17) is 11.1 Å². The number of nitro benzene ring substituents is 1. The smallest absolute Gasteiger partial charge is 0.269 e. The number of azide groups is 2. The zero-order valence-corrected chi connectivity index (χ0v) is 20.0. The average molecular weight is 525 g/mol. The van der Waals surface area contributed by atoms with Crippen molar-refractivity contribution in [3.63, 3.8) is 0 Å². The number of benzene rings is 1. The minimum atomic E-state index is -2.06. The molecule has 0 radical (unpaired) electrons. The van der Waals surface area contributed by atoms with Gasteiger partial charge in [0.2, 0.25) is 5.91 Å². The first-order chi connectivity index (χ1) is 16.8. The van der Waals surface area contributed by atoms with Gasteiger partial charge in [-0.2, -0.15) is 0 Å². The highest BCUT2D eigenvalue weighted by Crippen LogP contribution is 2.36. The van der Waals surface area contributed by atoms with Crippen molar-refractivity contribution < 1.29 is 24.7 Å². The fourth-order valence-corrected chi connectivity index (χ4v) is 6.16. The lowest BCUT2D eigenvalue weighted by molar-refractivity contribution is -0.384. The topological polar surface area (TPSA) is 227 Å². The van der Waals surface area contributed by atoms with E-state index in [9.17, 15) is 29.9 Å². The summed E-state index contributed by atoms with van der Waals surface area (Å²) in [5.41, 5.74) is 17.2. The first-order valence-electron chi connectivity index (χ1n) is 10.5. The second-order valence-electron chi connectivity index (χ2n) is 7.46. The minimum Gasteiger partial charge on any atom is -0.367 e. The molecular formula is C19H24N8O6S2. The number of amides is 1. The molecule has 2 rings (SSSR count). The molecule has 0 saturated carbocycles. The SMILES string of the molecule is [N-]=[N+]=NCCSC(CC1NC(=O)C1C(C(=O)Cc1ccc([N+](=O)[O-])cc1)C(O)O)SCCN=[N+]=[N-]. The third-order valence-electron chi connectivity index (χ3n) is 5.23. The fraction of sp³-hybridized carbons (Fsp3) is 0.579. The van der Waals surface area contributed by atoms with Crippen molar-refractivity contribution >= 4 is 40.9 Å². The summed E-state index contributed by atoms with van der Waals surface area (Å²) in [6.07, 6.45) is -1.89. The summed E-state index contributed by atoms with van der Waals surface area (Å²) in [5, 5.41) is 40.4. The quantitative estimate of drug-likeness (QED) is 0.0424. The van der Waals surface area contributed by atoms with Crippen LogP contribution >= 0.6 is 23.5 Å². The molecule has 1 fully saturated rings. The van der Waals surface area contributed by atoms with Gasteiger partial charge in [-0.3, -0.25) is 19.7 Å². The summed E-state index contributed by atoms with van der Waals surface area (Å²) in [4.78, 5) is 40.9. The molecule has 1 heterocycles. The molecule has 35 heavy (non-hydrogen) atoms. The predicted octanol–water partition coefficient (Wildman–Crippen LogP) is 2.55. The van der Waals surface area contributed by atoms with E-state index in [0.29, 0.717) is 23.5 Å². The van der Waals surface area contributed by atoms with Gasteiger partial charge in [-0.05, 0) is 34.6 Å². The maximum atomic E-state index is 12.9. The number of carbonyl (C=O) groups is 2. The summed E-state index contributed by atoms with van der Waals surface area (Å²) < 4.78 is -0.104. The van der Waals surface area contributed by atoms with Gasteiger partial charge in [0.15, 0.2) is 6.29 Å². The Kier molecular flexibility index (Phi) is 11.6. The Bertz CT molecular complexity index is 974. The lowest BCUT2D eigenvalue weighted by Gasteiger charge is -2.42. The molecule has 1 aromatic carbocycles. The van der Waals surface area contributed by atoms with Crippen molar-refractivity contribution in [2.75, 3.05) is 24.6 Å². The van der Waals surface area contributed by atoms with E-state index in [1.807, 2.05) is 0 Å². The second-order valence-corrected chi connectivity index (χ2v) is 10.4. The summed E-state index contributed by atoms with van der Waals surface area (Å²) in [5.74, 6) is -2.34. The number of nitro groups is 1. The van der Waals surface area contributed by atoms with Gasteiger partial charge in [0, 0.05) is 47.5 Å². The van der Waals surface area contributed by atoms with E-state index in [1.54, 1.807) is 0 Å². The molecule has 0 aromatic heterocycles. The molecular weight excluding hydrogens is 500 g/mol. The second kappa shape index (κ2) is 14.4. The van der Waals surface area contributed by atoms with E-state index in [2.05, 4.69) is 25.4 Å². The Balaban J connectivity index is 2.08. The number of ketones is 1.